The Morgan fingerprint density at radius 1 is 1.60 bits per heavy atom. The molecule has 2 rings (SSSR count). The lowest BCUT2D eigenvalue weighted by Crippen LogP contribution is -2.43. The van der Waals surface area contributed by atoms with Crippen molar-refractivity contribution in [2.75, 3.05) is 20.2 Å². The van der Waals surface area contributed by atoms with Crippen LogP contribution in [-0.2, 0) is 4.74 Å². The fourth-order valence-corrected chi connectivity index (χ4v) is 1.10. The van der Waals surface area contributed by atoms with E-state index in [4.69, 9.17) is 0 Å². The summed E-state index contributed by atoms with van der Waals surface area (Å²) < 4.78 is 6.17. The van der Waals surface area contributed by atoms with Gasteiger partial charge in [-0.25, -0.2) is 14.5 Å². The van der Waals surface area contributed by atoms with Gasteiger partial charge in [0.15, 0.2) is 0 Å². The molecule has 86 valence electrons. The van der Waals surface area contributed by atoms with Crippen LogP contribution in [0.25, 0.3) is 0 Å². The van der Waals surface area contributed by atoms with Gasteiger partial charge < -0.3 is 10.1 Å². The molecule has 0 atom stereocenters. The summed E-state index contributed by atoms with van der Waals surface area (Å²) in [6.07, 6.45) is 1.55. The highest BCUT2D eigenvalue weighted by molar-refractivity contribution is 5.85. The monoisotopic (exact) mass is 254 g/mol. The minimum Gasteiger partial charge on any atom is -0.463 e. The number of rotatable bonds is 2. The SMILES string of the molecule is COC(=O)c1ncn(C2CNC2)n1.Cl.Cl. The van der Waals surface area contributed by atoms with Crippen LogP contribution in [0.2, 0.25) is 0 Å². The lowest BCUT2D eigenvalue weighted by molar-refractivity contribution is 0.0586. The first-order valence-corrected chi connectivity index (χ1v) is 4.01. The molecule has 1 N–H and O–H groups in total. The van der Waals surface area contributed by atoms with Crippen molar-refractivity contribution in [3.8, 4) is 0 Å². The van der Waals surface area contributed by atoms with Gasteiger partial charge >= 0.3 is 5.97 Å². The Morgan fingerprint density at radius 3 is 2.73 bits per heavy atom. The third kappa shape index (κ3) is 2.80. The number of esters is 1. The quantitative estimate of drug-likeness (QED) is 0.756. The number of nitrogens with one attached hydrogen (secondary N) is 1. The van der Waals surface area contributed by atoms with E-state index in [1.807, 2.05) is 0 Å². The van der Waals surface area contributed by atoms with E-state index in [1.54, 1.807) is 11.0 Å². The van der Waals surface area contributed by atoms with Crippen LogP contribution in [0.15, 0.2) is 6.33 Å². The summed E-state index contributed by atoms with van der Waals surface area (Å²) >= 11 is 0. The van der Waals surface area contributed by atoms with Crippen LogP contribution in [0.3, 0.4) is 0 Å². The molecule has 1 aliphatic rings. The molecule has 1 aliphatic heterocycles. The fraction of sp³-hybridized carbons (Fsp3) is 0.571. The second kappa shape index (κ2) is 5.89. The molecule has 0 aromatic carbocycles. The predicted molar refractivity (Wildman–Crippen MR) is 57.8 cm³/mol. The van der Waals surface area contributed by atoms with Crippen molar-refractivity contribution in [3.05, 3.63) is 12.2 Å². The fourth-order valence-electron chi connectivity index (χ4n) is 1.10. The van der Waals surface area contributed by atoms with Crippen LogP contribution in [0, 0.1) is 0 Å². The summed E-state index contributed by atoms with van der Waals surface area (Å²) in [5.74, 6) is -0.375. The number of ether oxygens (including phenoxy) is 1. The third-order valence-electron chi connectivity index (χ3n) is 2.01. The van der Waals surface area contributed by atoms with Gasteiger partial charge in [0.1, 0.15) is 6.33 Å². The Balaban J connectivity index is 0.000000980. The van der Waals surface area contributed by atoms with Gasteiger partial charge in [-0.15, -0.1) is 29.9 Å². The molecule has 2 heterocycles. The summed E-state index contributed by atoms with van der Waals surface area (Å²) in [7, 11) is 1.31. The average molecular weight is 255 g/mol. The molecule has 1 saturated heterocycles. The molecule has 1 aromatic heterocycles. The largest absolute Gasteiger partial charge is 0.463 e. The summed E-state index contributed by atoms with van der Waals surface area (Å²) in [6.45, 7) is 1.76. The summed E-state index contributed by atoms with van der Waals surface area (Å²) in [5, 5.41) is 7.10. The lowest BCUT2D eigenvalue weighted by Gasteiger charge is -2.26. The lowest BCUT2D eigenvalue weighted by atomic mass is 10.2. The van der Waals surface area contributed by atoms with Gasteiger partial charge in [0.25, 0.3) is 5.82 Å². The molecule has 8 heteroatoms. The number of halogens is 2. The van der Waals surface area contributed by atoms with Crippen LogP contribution >= 0.6 is 24.8 Å². The highest BCUT2D eigenvalue weighted by atomic mass is 35.5. The first-order chi connectivity index (χ1) is 6.31. The normalized spacial score (nSPS) is 14.5. The first kappa shape index (κ1) is 14.2. The molecule has 0 bridgehead atoms. The maximum Gasteiger partial charge on any atom is 0.377 e. The number of aromatic nitrogens is 3. The Bertz CT molecular complexity index is 327. The minimum absolute atomic E-state index is 0. The van der Waals surface area contributed by atoms with E-state index in [9.17, 15) is 4.79 Å². The van der Waals surface area contributed by atoms with Gasteiger partial charge in [-0.2, -0.15) is 0 Å². The van der Waals surface area contributed by atoms with Crippen molar-refractivity contribution in [1.82, 2.24) is 20.1 Å². The van der Waals surface area contributed by atoms with Crippen LogP contribution in [-0.4, -0.2) is 40.9 Å². The van der Waals surface area contributed by atoms with Gasteiger partial charge in [0.2, 0.25) is 0 Å². The molecule has 0 spiro atoms. The standard InChI is InChI=1S/C7H10N4O2.2ClH/c1-13-7(12)6-9-4-11(10-6)5-2-8-3-5;;/h4-5,8H,2-3H2,1H3;2*1H. The highest BCUT2D eigenvalue weighted by Gasteiger charge is 2.21. The molecular weight excluding hydrogens is 243 g/mol. The number of hydrogen-bond acceptors (Lipinski definition) is 5. The zero-order valence-corrected chi connectivity index (χ0v) is 9.68. The van der Waals surface area contributed by atoms with Crippen molar-refractivity contribution in [2.24, 2.45) is 0 Å². The topological polar surface area (TPSA) is 69.0 Å². The second-order valence-corrected chi connectivity index (χ2v) is 2.85. The van der Waals surface area contributed by atoms with Gasteiger partial charge in [-0.05, 0) is 0 Å². The molecule has 0 amide bonds. The first-order valence-electron chi connectivity index (χ1n) is 4.01. The second-order valence-electron chi connectivity index (χ2n) is 2.85. The molecule has 0 aliphatic carbocycles. The van der Waals surface area contributed by atoms with Crippen molar-refractivity contribution in [2.45, 2.75) is 6.04 Å². The third-order valence-corrected chi connectivity index (χ3v) is 2.01. The molecule has 0 saturated carbocycles. The van der Waals surface area contributed by atoms with Gasteiger partial charge in [0, 0.05) is 13.1 Å². The van der Waals surface area contributed by atoms with Crippen LogP contribution in [0.5, 0.6) is 0 Å². The Labute approximate surface area is 99.2 Å². The van der Waals surface area contributed by atoms with Crippen LogP contribution < -0.4 is 5.32 Å². The number of carbonyl (C=O) groups excluding carboxylic acids is 1. The van der Waals surface area contributed by atoms with Crippen molar-refractivity contribution >= 4 is 30.8 Å². The van der Waals surface area contributed by atoms with Crippen LogP contribution in [0.4, 0.5) is 0 Å². The summed E-state index contributed by atoms with van der Waals surface area (Å²) in [6, 6.07) is 0.325. The molecular formula is C7H12Cl2N4O2. The van der Waals surface area contributed by atoms with E-state index in [0.29, 0.717) is 6.04 Å². The maximum absolute atomic E-state index is 11.0. The Hall–Kier alpha value is -0.850. The molecule has 6 nitrogen and oxygen atoms in total. The Kier molecular flexibility index (Phi) is 5.56. The van der Waals surface area contributed by atoms with Crippen molar-refractivity contribution < 1.29 is 9.53 Å². The maximum atomic E-state index is 11.0. The molecule has 1 aromatic rings. The van der Waals surface area contributed by atoms with E-state index >= 15 is 0 Å². The molecule has 1 fully saturated rings. The van der Waals surface area contributed by atoms with Crippen LogP contribution in [0.1, 0.15) is 16.7 Å². The van der Waals surface area contributed by atoms with E-state index in [0.717, 1.165) is 13.1 Å². The van der Waals surface area contributed by atoms with Crippen molar-refractivity contribution in [3.63, 3.8) is 0 Å². The summed E-state index contributed by atoms with van der Waals surface area (Å²) in [5.41, 5.74) is 0. The Morgan fingerprint density at radius 2 is 2.27 bits per heavy atom. The highest BCUT2D eigenvalue weighted by Crippen LogP contribution is 2.09. The van der Waals surface area contributed by atoms with E-state index < -0.39 is 5.97 Å². The van der Waals surface area contributed by atoms with E-state index in [-0.39, 0.29) is 30.6 Å². The van der Waals surface area contributed by atoms with Gasteiger partial charge in [-0.3, -0.25) is 0 Å². The van der Waals surface area contributed by atoms with E-state index in [2.05, 4.69) is 20.1 Å². The zero-order valence-electron chi connectivity index (χ0n) is 8.04. The van der Waals surface area contributed by atoms with Gasteiger partial charge in [0.05, 0.1) is 13.2 Å². The smallest absolute Gasteiger partial charge is 0.377 e. The molecule has 0 radical (unpaired) electrons. The summed E-state index contributed by atoms with van der Waals surface area (Å²) in [4.78, 5) is 14.8. The predicted octanol–water partition coefficient (Wildman–Crippen LogP) is 0.0526. The zero-order chi connectivity index (χ0) is 9.26. The number of nitrogens with zero attached hydrogens (tertiary/aromatic N) is 3. The minimum atomic E-state index is -0.494. The molecule has 15 heavy (non-hydrogen) atoms. The number of carbonyl (C=O) groups is 1. The van der Waals surface area contributed by atoms with Gasteiger partial charge in [-0.1, -0.05) is 0 Å². The molecule has 0 unspecified atom stereocenters. The van der Waals surface area contributed by atoms with E-state index in [1.165, 1.54) is 7.11 Å². The van der Waals surface area contributed by atoms with Crippen molar-refractivity contribution in [1.29, 1.82) is 0 Å². The average Bonchev–Trinajstić information content (AvgIpc) is 2.49. The number of methoxy groups -OCH3 is 1. The number of hydrogen-bond donors (Lipinski definition) is 1.